The van der Waals surface area contributed by atoms with Gasteiger partial charge in [-0.3, -0.25) is 4.79 Å². The molecule has 0 aromatic carbocycles. The van der Waals surface area contributed by atoms with Crippen molar-refractivity contribution in [2.24, 2.45) is 11.7 Å². The van der Waals surface area contributed by atoms with E-state index in [1.165, 1.54) is 11.2 Å². The van der Waals surface area contributed by atoms with E-state index in [0.29, 0.717) is 18.9 Å². The van der Waals surface area contributed by atoms with E-state index < -0.39 is 9.84 Å². The van der Waals surface area contributed by atoms with Gasteiger partial charge in [0.15, 0.2) is 0 Å². The minimum absolute atomic E-state index is 0.0155. The topological polar surface area (TPSA) is 80.5 Å². The molecule has 0 heterocycles. The Balaban J connectivity index is 4.06. The predicted octanol–water partition coefficient (Wildman–Crippen LogP) is 1.03. The van der Waals surface area contributed by atoms with Gasteiger partial charge in [-0.15, -0.1) is 0 Å². The SMILES string of the molecule is CCCC(CCN)CCC(=O)N(C)CCS(C)(=O)=O. The van der Waals surface area contributed by atoms with Crippen LogP contribution in [0.2, 0.25) is 0 Å². The molecule has 2 N–H and O–H groups in total. The van der Waals surface area contributed by atoms with Crippen molar-refractivity contribution in [1.82, 2.24) is 4.90 Å². The quantitative estimate of drug-likeness (QED) is 0.652. The summed E-state index contributed by atoms with van der Waals surface area (Å²) in [4.78, 5) is 13.4. The monoisotopic (exact) mass is 292 g/mol. The molecule has 19 heavy (non-hydrogen) atoms. The maximum absolute atomic E-state index is 11.9. The standard InChI is InChI=1S/C13H28N2O3S/c1-4-5-12(8-9-14)6-7-13(16)15(2)10-11-19(3,17)18/h12H,4-11,14H2,1-3H3. The van der Waals surface area contributed by atoms with Crippen LogP contribution in [0.5, 0.6) is 0 Å². The molecule has 1 atom stereocenters. The zero-order valence-corrected chi connectivity index (χ0v) is 13.2. The van der Waals surface area contributed by atoms with E-state index in [9.17, 15) is 13.2 Å². The Morgan fingerprint density at radius 2 is 1.89 bits per heavy atom. The normalized spacial score (nSPS) is 13.3. The molecular formula is C13H28N2O3S. The second-order valence-electron chi connectivity index (χ2n) is 5.22. The molecule has 0 saturated heterocycles. The lowest BCUT2D eigenvalue weighted by Gasteiger charge is -2.19. The highest BCUT2D eigenvalue weighted by atomic mass is 32.2. The third kappa shape index (κ3) is 9.90. The van der Waals surface area contributed by atoms with Crippen molar-refractivity contribution in [3.05, 3.63) is 0 Å². The number of carbonyl (C=O) groups is 1. The van der Waals surface area contributed by atoms with Gasteiger partial charge >= 0.3 is 0 Å². The van der Waals surface area contributed by atoms with E-state index in [4.69, 9.17) is 5.73 Å². The van der Waals surface area contributed by atoms with E-state index in [1.54, 1.807) is 7.05 Å². The second-order valence-corrected chi connectivity index (χ2v) is 7.48. The van der Waals surface area contributed by atoms with E-state index in [1.807, 2.05) is 0 Å². The molecule has 1 unspecified atom stereocenters. The smallest absolute Gasteiger partial charge is 0.222 e. The summed E-state index contributed by atoms with van der Waals surface area (Å²) in [6, 6.07) is 0. The molecule has 0 aromatic heterocycles. The number of amides is 1. The molecule has 0 aromatic rings. The fraction of sp³-hybridized carbons (Fsp3) is 0.923. The Kier molecular flexibility index (Phi) is 9.01. The van der Waals surface area contributed by atoms with Crippen LogP contribution in [0, 0.1) is 5.92 Å². The molecule has 5 nitrogen and oxygen atoms in total. The van der Waals surface area contributed by atoms with Crippen molar-refractivity contribution in [2.45, 2.75) is 39.0 Å². The molecule has 0 bridgehead atoms. The molecule has 0 aliphatic carbocycles. The largest absolute Gasteiger partial charge is 0.345 e. The van der Waals surface area contributed by atoms with Crippen LogP contribution in [0.1, 0.15) is 39.0 Å². The predicted molar refractivity (Wildman–Crippen MR) is 78.7 cm³/mol. The van der Waals surface area contributed by atoms with Gasteiger partial charge in [0, 0.05) is 26.3 Å². The molecule has 1 amide bonds. The molecule has 0 spiro atoms. The fourth-order valence-corrected chi connectivity index (χ4v) is 2.63. The van der Waals surface area contributed by atoms with Crippen molar-refractivity contribution in [1.29, 1.82) is 0 Å². The van der Waals surface area contributed by atoms with Crippen LogP contribution in [-0.2, 0) is 14.6 Å². The highest BCUT2D eigenvalue weighted by Gasteiger charge is 2.14. The second kappa shape index (κ2) is 9.31. The van der Waals surface area contributed by atoms with Crippen LogP contribution in [0.15, 0.2) is 0 Å². The zero-order valence-electron chi connectivity index (χ0n) is 12.4. The van der Waals surface area contributed by atoms with Gasteiger partial charge in [-0.2, -0.15) is 0 Å². The molecular weight excluding hydrogens is 264 g/mol. The molecule has 6 heteroatoms. The highest BCUT2D eigenvalue weighted by molar-refractivity contribution is 7.90. The molecule has 114 valence electrons. The van der Waals surface area contributed by atoms with Gasteiger partial charge in [-0.1, -0.05) is 19.8 Å². The Morgan fingerprint density at radius 1 is 1.26 bits per heavy atom. The van der Waals surface area contributed by atoms with E-state index in [-0.39, 0.29) is 18.2 Å². The lowest BCUT2D eigenvalue weighted by molar-refractivity contribution is -0.130. The van der Waals surface area contributed by atoms with Crippen LogP contribution in [0.3, 0.4) is 0 Å². The average Bonchev–Trinajstić information content (AvgIpc) is 2.32. The lowest BCUT2D eigenvalue weighted by atomic mass is 9.94. The van der Waals surface area contributed by atoms with Gasteiger partial charge in [0.1, 0.15) is 9.84 Å². The number of carbonyl (C=O) groups excluding carboxylic acids is 1. The van der Waals surface area contributed by atoms with Gasteiger partial charge in [-0.05, 0) is 25.3 Å². The van der Waals surface area contributed by atoms with Crippen LogP contribution in [-0.4, -0.2) is 51.4 Å². The summed E-state index contributed by atoms with van der Waals surface area (Å²) in [6.45, 7) is 3.05. The van der Waals surface area contributed by atoms with Crippen LogP contribution in [0.25, 0.3) is 0 Å². The Morgan fingerprint density at radius 3 is 2.37 bits per heavy atom. The molecule has 0 fully saturated rings. The van der Waals surface area contributed by atoms with E-state index >= 15 is 0 Å². The average molecular weight is 292 g/mol. The summed E-state index contributed by atoms with van der Waals surface area (Å²) in [5.74, 6) is 0.542. The van der Waals surface area contributed by atoms with Crippen molar-refractivity contribution < 1.29 is 13.2 Å². The van der Waals surface area contributed by atoms with Gasteiger partial charge in [-0.25, -0.2) is 8.42 Å². The number of nitrogens with two attached hydrogens (primary N) is 1. The van der Waals surface area contributed by atoms with Gasteiger partial charge in [0.25, 0.3) is 0 Å². The Hall–Kier alpha value is -0.620. The molecule has 0 rings (SSSR count). The Bertz CT molecular complexity index is 349. The maximum Gasteiger partial charge on any atom is 0.222 e. The minimum atomic E-state index is -3.01. The van der Waals surface area contributed by atoms with Crippen LogP contribution < -0.4 is 5.73 Å². The fourth-order valence-electron chi connectivity index (χ4n) is 2.02. The van der Waals surface area contributed by atoms with Gasteiger partial charge in [0.2, 0.25) is 5.91 Å². The minimum Gasteiger partial charge on any atom is -0.345 e. The number of hydrogen-bond acceptors (Lipinski definition) is 4. The van der Waals surface area contributed by atoms with Crippen molar-refractivity contribution >= 4 is 15.7 Å². The third-order valence-electron chi connectivity index (χ3n) is 3.26. The summed E-state index contributed by atoms with van der Waals surface area (Å²) in [6.07, 6.45) is 5.65. The van der Waals surface area contributed by atoms with Crippen LogP contribution >= 0.6 is 0 Å². The van der Waals surface area contributed by atoms with Gasteiger partial charge < -0.3 is 10.6 Å². The molecule has 0 aliphatic rings. The first-order chi connectivity index (χ1) is 8.80. The number of hydrogen-bond donors (Lipinski definition) is 1. The lowest BCUT2D eigenvalue weighted by Crippen LogP contribution is -2.31. The highest BCUT2D eigenvalue weighted by Crippen LogP contribution is 2.17. The first-order valence-corrected chi connectivity index (χ1v) is 8.98. The first-order valence-electron chi connectivity index (χ1n) is 6.92. The summed E-state index contributed by atoms with van der Waals surface area (Å²) in [5, 5.41) is 0. The molecule has 0 saturated carbocycles. The zero-order chi connectivity index (χ0) is 14.9. The summed E-state index contributed by atoms with van der Waals surface area (Å²) in [5.41, 5.74) is 5.56. The summed E-state index contributed by atoms with van der Waals surface area (Å²) < 4.78 is 22.1. The van der Waals surface area contributed by atoms with E-state index in [2.05, 4.69) is 6.92 Å². The Labute approximate surface area is 117 Å². The first kappa shape index (κ1) is 18.4. The summed E-state index contributed by atoms with van der Waals surface area (Å²) in [7, 11) is -1.35. The number of nitrogens with zero attached hydrogens (tertiary/aromatic N) is 1. The maximum atomic E-state index is 11.9. The summed E-state index contributed by atoms with van der Waals surface area (Å²) >= 11 is 0. The van der Waals surface area contributed by atoms with Crippen LogP contribution in [0.4, 0.5) is 0 Å². The van der Waals surface area contributed by atoms with Crippen molar-refractivity contribution in [3.8, 4) is 0 Å². The van der Waals surface area contributed by atoms with Crippen molar-refractivity contribution in [2.75, 3.05) is 32.1 Å². The van der Waals surface area contributed by atoms with Gasteiger partial charge in [0.05, 0.1) is 5.75 Å². The molecule has 0 aliphatic heterocycles. The number of sulfone groups is 1. The van der Waals surface area contributed by atoms with Crippen molar-refractivity contribution in [3.63, 3.8) is 0 Å². The molecule has 0 radical (unpaired) electrons. The number of rotatable bonds is 10. The third-order valence-corrected chi connectivity index (χ3v) is 4.19. The van der Waals surface area contributed by atoms with E-state index in [0.717, 1.165) is 25.7 Å².